The lowest BCUT2D eigenvalue weighted by atomic mass is 10.3. The zero-order valence-corrected chi connectivity index (χ0v) is 11.1. The van der Waals surface area contributed by atoms with Gasteiger partial charge in [0.1, 0.15) is 18.4 Å². The van der Waals surface area contributed by atoms with Crippen molar-refractivity contribution in [1.82, 2.24) is 9.55 Å². The van der Waals surface area contributed by atoms with Crippen molar-refractivity contribution in [3.05, 3.63) is 52.5 Å². The molecule has 0 fully saturated rings. The van der Waals surface area contributed by atoms with Crippen molar-refractivity contribution in [2.45, 2.75) is 13.3 Å². The molecule has 1 aromatic carbocycles. The molecule has 0 saturated heterocycles. The number of esters is 1. The Bertz CT molecular complexity index is 693. The van der Waals surface area contributed by atoms with Crippen molar-refractivity contribution in [2.75, 3.05) is 0 Å². The standard InChI is InChI=1S/C13H11N3O5/c1-9-14-8-11(16(19)20)15(9)12(17)7-13(18)21-10-5-3-2-4-6-10/h2-6,8H,7H2,1H3. The molecule has 0 saturated carbocycles. The largest absolute Gasteiger partial charge is 0.426 e. The number of carbonyl (C=O) groups is 2. The fourth-order valence-electron chi connectivity index (χ4n) is 1.73. The number of nitrogens with zero attached hydrogens (tertiary/aromatic N) is 3. The molecule has 108 valence electrons. The molecule has 0 bridgehead atoms. The van der Waals surface area contributed by atoms with Gasteiger partial charge in [0.25, 0.3) is 0 Å². The highest BCUT2D eigenvalue weighted by Crippen LogP contribution is 2.15. The quantitative estimate of drug-likeness (QED) is 0.279. The van der Waals surface area contributed by atoms with Gasteiger partial charge in [0, 0.05) is 6.92 Å². The number of para-hydroxylation sites is 1. The van der Waals surface area contributed by atoms with Crippen molar-refractivity contribution < 1.29 is 19.2 Å². The van der Waals surface area contributed by atoms with Crippen molar-refractivity contribution in [2.24, 2.45) is 0 Å². The van der Waals surface area contributed by atoms with Crippen molar-refractivity contribution >= 4 is 17.7 Å². The first-order valence-corrected chi connectivity index (χ1v) is 5.96. The molecule has 2 aromatic rings. The van der Waals surface area contributed by atoms with Crippen LogP contribution in [0, 0.1) is 17.0 Å². The predicted octanol–water partition coefficient (Wildman–Crippen LogP) is 1.74. The minimum absolute atomic E-state index is 0.138. The van der Waals surface area contributed by atoms with Crippen molar-refractivity contribution in [3.8, 4) is 5.75 Å². The summed E-state index contributed by atoms with van der Waals surface area (Å²) in [6.45, 7) is 1.44. The molecule has 0 unspecified atom stereocenters. The molecule has 1 heterocycles. The fraction of sp³-hybridized carbons (Fsp3) is 0.154. The Hall–Kier alpha value is -3.03. The van der Waals surface area contributed by atoms with Crippen LogP contribution >= 0.6 is 0 Å². The Morgan fingerprint density at radius 1 is 1.33 bits per heavy atom. The summed E-state index contributed by atoms with van der Waals surface area (Å²) in [7, 11) is 0. The number of benzene rings is 1. The van der Waals surface area contributed by atoms with E-state index in [1.165, 1.54) is 6.92 Å². The summed E-state index contributed by atoms with van der Waals surface area (Å²) in [4.78, 5) is 37.4. The molecule has 0 spiro atoms. The molecule has 0 N–H and O–H groups in total. The van der Waals surface area contributed by atoms with E-state index < -0.39 is 29.0 Å². The maximum atomic E-state index is 12.0. The number of hydrogen-bond acceptors (Lipinski definition) is 6. The first kappa shape index (κ1) is 14.4. The number of aryl methyl sites for hydroxylation is 1. The van der Waals surface area contributed by atoms with Crippen LogP contribution in [0.3, 0.4) is 0 Å². The molecule has 0 radical (unpaired) electrons. The van der Waals surface area contributed by atoms with Crippen molar-refractivity contribution in [1.29, 1.82) is 0 Å². The Kier molecular flexibility index (Phi) is 4.07. The van der Waals surface area contributed by atoms with Crippen LogP contribution in [0.2, 0.25) is 0 Å². The zero-order chi connectivity index (χ0) is 15.4. The number of rotatable bonds is 4. The molecule has 0 atom stereocenters. The summed E-state index contributed by atoms with van der Waals surface area (Å²) >= 11 is 0. The van der Waals surface area contributed by atoms with E-state index in [9.17, 15) is 19.7 Å². The van der Waals surface area contributed by atoms with Gasteiger partial charge in [-0.1, -0.05) is 18.2 Å². The lowest BCUT2D eigenvalue weighted by Crippen LogP contribution is -2.21. The molecule has 8 heteroatoms. The third kappa shape index (κ3) is 3.30. The Balaban J connectivity index is 2.10. The van der Waals surface area contributed by atoms with E-state index in [1.807, 2.05) is 0 Å². The number of carbonyl (C=O) groups excluding carboxylic acids is 2. The summed E-state index contributed by atoms with van der Waals surface area (Å²) in [6, 6.07) is 8.23. The fourth-order valence-corrected chi connectivity index (χ4v) is 1.73. The minimum atomic E-state index is -0.798. The molecule has 0 aliphatic carbocycles. The lowest BCUT2D eigenvalue weighted by Gasteiger charge is -2.03. The monoisotopic (exact) mass is 289 g/mol. The number of imidazole rings is 1. The maximum absolute atomic E-state index is 12.0. The third-order valence-corrected chi connectivity index (χ3v) is 2.63. The van der Waals surface area contributed by atoms with Crippen molar-refractivity contribution in [3.63, 3.8) is 0 Å². The van der Waals surface area contributed by atoms with Crippen LogP contribution in [0.4, 0.5) is 5.82 Å². The normalized spacial score (nSPS) is 10.1. The van der Waals surface area contributed by atoms with E-state index in [0.717, 1.165) is 10.8 Å². The van der Waals surface area contributed by atoms with Gasteiger partial charge in [-0.3, -0.25) is 4.79 Å². The van der Waals surface area contributed by atoms with Gasteiger partial charge in [0.2, 0.25) is 5.82 Å². The van der Waals surface area contributed by atoms with Crippen LogP contribution in [-0.4, -0.2) is 26.4 Å². The first-order valence-electron chi connectivity index (χ1n) is 5.96. The summed E-state index contributed by atoms with van der Waals surface area (Å²) in [5.41, 5.74) is 0. The molecule has 0 aliphatic rings. The van der Waals surface area contributed by atoms with E-state index in [0.29, 0.717) is 5.75 Å². The molecular weight excluding hydrogens is 278 g/mol. The second-order valence-electron chi connectivity index (χ2n) is 4.11. The highest BCUT2D eigenvalue weighted by atomic mass is 16.6. The van der Waals surface area contributed by atoms with Gasteiger partial charge in [0.05, 0.1) is 0 Å². The third-order valence-electron chi connectivity index (χ3n) is 2.63. The molecule has 0 aliphatic heterocycles. The topological polar surface area (TPSA) is 104 Å². The van der Waals surface area contributed by atoms with Gasteiger partial charge >= 0.3 is 17.7 Å². The van der Waals surface area contributed by atoms with Crippen LogP contribution < -0.4 is 4.74 Å². The molecule has 1 aromatic heterocycles. The van der Waals surface area contributed by atoms with E-state index in [1.54, 1.807) is 30.3 Å². The van der Waals surface area contributed by atoms with E-state index >= 15 is 0 Å². The number of ether oxygens (including phenoxy) is 1. The zero-order valence-electron chi connectivity index (χ0n) is 11.1. The van der Waals surface area contributed by atoms with Gasteiger partial charge in [-0.15, -0.1) is 4.57 Å². The van der Waals surface area contributed by atoms with Gasteiger partial charge < -0.3 is 14.9 Å². The number of aromatic nitrogens is 2. The lowest BCUT2D eigenvalue weighted by molar-refractivity contribution is -0.390. The molecular formula is C13H11N3O5. The highest BCUT2D eigenvalue weighted by Gasteiger charge is 2.26. The van der Waals surface area contributed by atoms with E-state index in [-0.39, 0.29) is 5.82 Å². The summed E-state index contributed by atoms with van der Waals surface area (Å²) in [5.74, 6) is -1.61. The molecule has 0 amide bonds. The second-order valence-corrected chi connectivity index (χ2v) is 4.11. The van der Waals surface area contributed by atoms with Gasteiger partial charge in [-0.25, -0.2) is 9.78 Å². The smallest absolute Gasteiger partial charge is 0.350 e. The summed E-state index contributed by atoms with van der Waals surface area (Å²) in [6.07, 6.45) is 0.350. The van der Waals surface area contributed by atoms with E-state index in [2.05, 4.69) is 4.98 Å². The van der Waals surface area contributed by atoms with Crippen LogP contribution in [0.5, 0.6) is 5.75 Å². The molecule has 8 nitrogen and oxygen atoms in total. The van der Waals surface area contributed by atoms with Crippen LogP contribution in [0.1, 0.15) is 17.0 Å². The summed E-state index contributed by atoms with van der Waals surface area (Å²) in [5, 5.41) is 10.8. The Morgan fingerprint density at radius 3 is 2.62 bits per heavy atom. The van der Waals surface area contributed by atoms with Crippen LogP contribution in [-0.2, 0) is 4.79 Å². The van der Waals surface area contributed by atoms with Gasteiger partial charge in [-0.2, -0.15) is 0 Å². The van der Waals surface area contributed by atoms with E-state index in [4.69, 9.17) is 4.74 Å². The van der Waals surface area contributed by atoms with Gasteiger partial charge in [-0.05, 0) is 17.1 Å². The second kappa shape index (κ2) is 5.95. The Labute approximate surface area is 119 Å². The minimum Gasteiger partial charge on any atom is -0.426 e. The number of nitro groups is 1. The Morgan fingerprint density at radius 2 is 2.00 bits per heavy atom. The SMILES string of the molecule is Cc1ncc([N+](=O)[O-])n1C(=O)CC(=O)Oc1ccccc1. The maximum Gasteiger partial charge on any atom is 0.350 e. The number of hydrogen-bond donors (Lipinski definition) is 0. The van der Waals surface area contributed by atoms with Crippen LogP contribution in [0.15, 0.2) is 36.5 Å². The first-order chi connectivity index (χ1) is 9.99. The summed E-state index contributed by atoms with van der Waals surface area (Å²) < 4.78 is 5.74. The van der Waals surface area contributed by atoms with Crippen LogP contribution in [0.25, 0.3) is 0 Å². The molecule has 2 rings (SSSR count). The highest BCUT2D eigenvalue weighted by molar-refractivity contribution is 5.97. The molecule has 21 heavy (non-hydrogen) atoms. The van der Waals surface area contributed by atoms with Gasteiger partial charge in [0.15, 0.2) is 0 Å². The average molecular weight is 289 g/mol. The predicted molar refractivity (Wildman–Crippen MR) is 70.9 cm³/mol. The average Bonchev–Trinajstić information content (AvgIpc) is 2.81.